The highest BCUT2D eigenvalue weighted by molar-refractivity contribution is 9.10. The molecule has 0 bridgehead atoms. The van der Waals surface area contributed by atoms with E-state index in [1.807, 2.05) is 35.4 Å². The maximum absolute atomic E-state index is 13.3. The van der Waals surface area contributed by atoms with Crippen LogP contribution in [-0.4, -0.2) is 54.6 Å². The molecule has 2 aromatic rings. The Morgan fingerprint density at radius 2 is 1.91 bits per heavy atom. The molecule has 1 aromatic heterocycles. The third-order valence-corrected chi connectivity index (χ3v) is 8.40. The zero-order valence-corrected chi connectivity index (χ0v) is 21.5. The molecule has 1 spiro atoms. The number of benzene rings is 1. The molecule has 4 rings (SSSR count). The second kappa shape index (κ2) is 11.0. The second-order valence-electron chi connectivity index (χ2n) is 8.95. The summed E-state index contributed by atoms with van der Waals surface area (Å²) in [5.74, 6) is 0.325. The molecular formula is C25H32BrN3O3S. The van der Waals surface area contributed by atoms with E-state index in [0.717, 1.165) is 61.2 Å². The molecular weight excluding hydrogens is 502 g/mol. The van der Waals surface area contributed by atoms with Gasteiger partial charge in [-0.25, -0.2) is 4.79 Å². The number of hydrogen-bond donors (Lipinski definition) is 1. The number of ether oxygens (including phenoxy) is 1. The molecule has 1 unspecified atom stereocenters. The van der Waals surface area contributed by atoms with Crippen molar-refractivity contribution in [2.45, 2.75) is 45.2 Å². The largest absolute Gasteiger partial charge is 0.450 e. The topological polar surface area (TPSA) is 61.9 Å². The van der Waals surface area contributed by atoms with E-state index in [0.29, 0.717) is 19.1 Å². The Labute approximate surface area is 208 Å². The predicted molar refractivity (Wildman–Crippen MR) is 134 cm³/mol. The Morgan fingerprint density at radius 3 is 2.58 bits per heavy atom. The Hall–Kier alpha value is -1.90. The lowest BCUT2D eigenvalue weighted by Gasteiger charge is -2.38. The Kier molecular flexibility index (Phi) is 8.09. The number of thiophene rings is 1. The summed E-state index contributed by atoms with van der Waals surface area (Å²) in [7, 11) is 0. The van der Waals surface area contributed by atoms with Crippen molar-refractivity contribution >= 4 is 39.3 Å². The van der Waals surface area contributed by atoms with E-state index in [1.54, 1.807) is 11.3 Å². The fraction of sp³-hybridized carbons (Fsp3) is 0.520. The molecule has 1 atom stereocenters. The molecule has 2 amide bonds. The molecule has 2 aliphatic rings. The van der Waals surface area contributed by atoms with Crippen LogP contribution in [0, 0.1) is 5.41 Å². The van der Waals surface area contributed by atoms with Gasteiger partial charge in [0.05, 0.1) is 18.1 Å². The van der Waals surface area contributed by atoms with Gasteiger partial charge in [0.2, 0.25) is 5.91 Å². The lowest BCUT2D eigenvalue weighted by molar-refractivity contribution is -0.138. The summed E-state index contributed by atoms with van der Waals surface area (Å²) < 4.78 is 6.15. The minimum absolute atomic E-state index is 0.0468. The van der Waals surface area contributed by atoms with E-state index in [-0.39, 0.29) is 17.6 Å². The van der Waals surface area contributed by atoms with Crippen LogP contribution in [0.2, 0.25) is 0 Å². The zero-order valence-electron chi connectivity index (χ0n) is 19.1. The number of nitrogens with one attached hydrogen (secondary N) is 1. The van der Waals surface area contributed by atoms with Crippen molar-refractivity contribution in [3.63, 3.8) is 0 Å². The van der Waals surface area contributed by atoms with Crippen LogP contribution >= 0.6 is 27.3 Å². The number of nitrogens with zero attached hydrogens (tertiary/aromatic N) is 2. The molecule has 6 nitrogen and oxygen atoms in total. The van der Waals surface area contributed by atoms with Crippen molar-refractivity contribution in [2.75, 3.05) is 32.8 Å². The van der Waals surface area contributed by atoms with Crippen LogP contribution in [0.3, 0.4) is 0 Å². The van der Waals surface area contributed by atoms with E-state index >= 15 is 0 Å². The molecule has 8 heteroatoms. The van der Waals surface area contributed by atoms with Gasteiger partial charge in [-0.1, -0.05) is 34.1 Å². The summed E-state index contributed by atoms with van der Waals surface area (Å²) in [6.45, 7) is 6.46. The molecule has 1 N–H and O–H groups in total. The first-order chi connectivity index (χ1) is 16.0. The molecule has 0 radical (unpaired) electrons. The average Bonchev–Trinajstić information content (AvgIpc) is 3.45. The Bertz CT molecular complexity index is 927. The summed E-state index contributed by atoms with van der Waals surface area (Å²) in [6, 6.07) is 12.3. The standard InChI is InChI=1S/C25H32BrN3O3S/c1-2-32-24(31)27-21(22-4-3-17-33-22)9-13-28-14-10-25(11-15-28)12-16-29(23(25)30)18-19-5-7-20(26)8-6-19/h3-8,17,21H,2,9-16,18H2,1H3,(H,27,31). The highest BCUT2D eigenvalue weighted by Gasteiger charge is 2.47. The number of alkyl carbamates (subject to hydrolysis) is 1. The molecule has 178 valence electrons. The number of hydrogen-bond acceptors (Lipinski definition) is 5. The number of rotatable bonds is 8. The smallest absolute Gasteiger partial charge is 0.407 e. The molecule has 0 saturated carbocycles. The van der Waals surface area contributed by atoms with Crippen LogP contribution in [0.5, 0.6) is 0 Å². The van der Waals surface area contributed by atoms with Gasteiger partial charge in [-0.2, -0.15) is 0 Å². The third-order valence-electron chi connectivity index (χ3n) is 6.89. The number of carbonyl (C=O) groups excluding carboxylic acids is 2. The van der Waals surface area contributed by atoms with Crippen LogP contribution in [0.15, 0.2) is 46.3 Å². The predicted octanol–water partition coefficient (Wildman–Crippen LogP) is 5.20. The molecule has 1 aromatic carbocycles. The molecule has 2 saturated heterocycles. The average molecular weight is 535 g/mol. The van der Waals surface area contributed by atoms with Crippen LogP contribution in [0.4, 0.5) is 4.79 Å². The van der Waals surface area contributed by atoms with Crippen molar-refractivity contribution in [3.8, 4) is 0 Å². The second-order valence-corrected chi connectivity index (χ2v) is 10.8. The molecule has 33 heavy (non-hydrogen) atoms. The number of likely N-dealkylation sites (tertiary alicyclic amines) is 2. The zero-order chi connectivity index (χ0) is 23.3. The van der Waals surface area contributed by atoms with Gasteiger partial charge in [0.15, 0.2) is 0 Å². The van der Waals surface area contributed by atoms with Gasteiger partial charge >= 0.3 is 6.09 Å². The normalized spacial score (nSPS) is 19.1. The van der Waals surface area contributed by atoms with E-state index in [1.165, 1.54) is 5.56 Å². The highest BCUT2D eigenvalue weighted by atomic mass is 79.9. The van der Waals surface area contributed by atoms with Crippen LogP contribution < -0.4 is 5.32 Å². The Balaban J connectivity index is 1.28. The summed E-state index contributed by atoms with van der Waals surface area (Å²) >= 11 is 5.13. The van der Waals surface area contributed by atoms with Crippen molar-refractivity contribution in [3.05, 3.63) is 56.7 Å². The van der Waals surface area contributed by atoms with E-state index in [2.05, 4.69) is 44.3 Å². The van der Waals surface area contributed by atoms with Gasteiger partial charge in [0.25, 0.3) is 0 Å². The van der Waals surface area contributed by atoms with Crippen molar-refractivity contribution < 1.29 is 14.3 Å². The first kappa shape index (κ1) is 24.2. The van der Waals surface area contributed by atoms with Gasteiger partial charge in [0.1, 0.15) is 0 Å². The number of piperidine rings is 1. The van der Waals surface area contributed by atoms with Gasteiger partial charge in [0, 0.05) is 29.0 Å². The molecule has 2 fully saturated rings. The SMILES string of the molecule is CCOC(=O)NC(CCN1CCC2(CC1)CCN(Cc1ccc(Br)cc1)C2=O)c1cccs1. The number of halogens is 1. The van der Waals surface area contributed by atoms with E-state index in [4.69, 9.17) is 4.74 Å². The van der Waals surface area contributed by atoms with Crippen molar-refractivity contribution in [1.82, 2.24) is 15.1 Å². The van der Waals surface area contributed by atoms with Gasteiger partial charge in [-0.15, -0.1) is 11.3 Å². The maximum Gasteiger partial charge on any atom is 0.407 e. The lowest BCUT2D eigenvalue weighted by Crippen LogP contribution is -2.45. The molecule has 0 aliphatic carbocycles. The van der Waals surface area contributed by atoms with Crippen LogP contribution in [0.1, 0.15) is 49.1 Å². The first-order valence-corrected chi connectivity index (χ1v) is 13.4. The molecule has 3 heterocycles. The fourth-order valence-corrected chi connectivity index (χ4v) is 6.00. The molecule has 2 aliphatic heterocycles. The third kappa shape index (κ3) is 5.97. The highest BCUT2D eigenvalue weighted by Crippen LogP contribution is 2.42. The maximum atomic E-state index is 13.3. The monoisotopic (exact) mass is 533 g/mol. The quantitative estimate of drug-likeness (QED) is 0.506. The summed E-state index contributed by atoms with van der Waals surface area (Å²) in [5.41, 5.74) is 0.983. The summed E-state index contributed by atoms with van der Waals surface area (Å²) in [6.07, 6.45) is 3.25. The van der Waals surface area contributed by atoms with Gasteiger partial charge in [-0.05, 0) is 74.8 Å². The number of carbonyl (C=O) groups is 2. The fourth-order valence-electron chi connectivity index (χ4n) is 4.92. The van der Waals surface area contributed by atoms with E-state index in [9.17, 15) is 9.59 Å². The minimum Gasteiger partial charge on any atom is -0.450 e. The first-order valence-electron chi connectivity index (χ1n) is 11.7. The van der Waals surface area contributed by atoms with Crippen LogP contribution in [0.25, 0.3) is 0 Å². The van der Waals surface area contributed by atoms with Crippen molar-refractivity contribution in [2.24, 2.45) is 5.41 Å². The van der Waals surface area contributed by atoms with Crippen LogP contribution in [-0.2, 0) is 16.1 Å². The van der Waals surface area contributed by atoms with Gasteiger partial charge in [-0.3, -0.25) is 4.79 Å². The number of amides is 2. The van der Waals surface area contributed by atoms with Crippen molar-refractivity contribution in [1.29, 1.82) is 0 Å². The van der Waals surface area contributed by atoms with E-state index < -0.39 is 0 Å². The minimum atomic E-state index is -0.365. The van der Waals surface area contributed by atoms with Gasteiger partial charge < -0.3 is 19.9 Å². The lowest BCUT2D eigenvalue weighted by atomic mass is 9.77. The summed E-state index contributed by atoms with van der Waals surface area (Å²) in [5, 5.41) is 5.04. The summed E-state index contributed by atoms with van der Waals surface area (Å²) in [4.78, 5) is 30.9. The Morgan fingerprint density at radius 1 is 1.18 bits per heavy atom.